The lowest BCUT2D eigenvalue weighted by Crippen LogP contribution is -2.41. The standard InChI is InChI=1S/C21H26N2O3S2/c1-16-5-3-6-17(13-16)15-28(25,26)23-11-9-18(10-12-23)21(24)22-19-7-4-8-20(14-19)27-2/h3-8,13-14,18H,9-12,15H2,1-2H3,(H,22,24). The van der Waals surface area contributed by atoms with E-state index in [1.165, 1.54) is 4.31 Å². The second kappa shape index (κ2) is 9.11. The van der Waals surface area contributed by atoms with Gasteiger partial charge in [-0.3, -0.25) is 4.79 Å². The van der Waals surface area contributed by atoms with E-state index in [0.29, 0.717) is 25.9 Å². The number of amides is 1. The van der Waals surface area contributed by atoms with Crippen LogP contribution in [-0.4, -0.2) is 38.0 Å². The summed E-state index contributed by atoms with van der Waals surface area (Å²) in [7, 11) is -3.37. The minimum Gasteiger partial charge on any atom is -0.326 e. The number of anilines is 1. The third kappa shape index (κ3) is 5.37. The summed E-state index contributed by atoms with van der Waals surface area (Å²) < 4.78 is 27.0. The van der Waals surface area contributed by atoms with Crippen molar-refractivity contribution < 1.29 is 13.2 Å². The Kier molecular flexibility index (Phi) is 6.80. The van der Waals surface area contributed by atoms with E-state index in [9.17, 15) is 13.2 Å². The van der Waals surface area contributed by atoms with E-state index in [2.05, 4.69) is 5.32 Å². The van der Waals surface area contributed by atoms with Crippen molar-refractivity contribution in [2.75, 3.05) is 24.7 Å². The maximum Gasteiger partial charge on any atom is 0.227 e. The number of rotatable bonds is 6. The van der Waals surface area contributed by atoms with Crippen LogP contribution in [0.3, 0.4) is 0 Å². The van der Waals surface area contributed by atoms with Gasteiger partial charge >= 0.3 is 0 Å². The number of sulfonamides is 1. The molecule has 1 saturated heterocycles. The van der Waals surface area contributed by atoms with Crippen LogP contribution < -0.4 is 5.32 Å². The van der Waals surface area contributed by atoms with E-state index in [1.54, 1.807) is 11.8 Å². The van der Waals surface area contributed by atoms with Crippen molar-refractivity contribution in [1.82, 2.24) is 4.31 Å². The molecule has 1 amide bonds. The van der Waals surface area contributed by atoms with Crippen LogP contribution in [0.2, 0.25) is 0 Å². The molecule has 1 N–H and O–H groups in total. The van der Waals surface area contributed by atoms with Gasteiger partial charge in [-0.2, -0.15) is 0 Å². The highest BCUT2D eigenvalue weighted by molar-refractivity contribution is 7.98. The number of carbonyl (C=O) groups excluding carboxylic acids is 1. The highest BCUT2D eigenvalue weighted by Gasteiger charge is 2.31. The summed E-state index contributed by atoms with van der Waals surface area (Å²) in [5.74, 6) is -0.190. The summed E-state index contributed by atoms with van der Waals surface area (Å²) >= 11 is 1.63. The fourth-order valence-corrected chi connectivity index (χ4v) is 5.46. The average molecular weight is 419 g/mol. The van der Waals surface area contributed by atoms with Crippen molar-refractivity contribution in [3.8, 4) is 0 Å². The number of hydrogen-bond donors (Lipinski definition) is 1. The molecule has 0 aliphatic carbocycles. The second-order valence-electron chi connectivity index (χ2n) is 7.14. The van der Waals surface area contributed by atoms with Crippen LogP contribution in [-0.2, 0) is 20.6 Å². The molecule has 1 fully saturated rings. The summed E-state index contributed by atoms with van der Waals surface area (Å²) in [4.78, 5) is 13.7. The van der Waals surface area contributed by atoms with Gasteiger partial charge in [-0.1, -0.05) is 35.9 Å². The number of benzene rings is 2. The number of nitrogens with zero attached hydrogens (tertiary/aromatic N) is 1. The van der Waals surface area contributed by atoms with E-state index in [0.717, 1.165) is 21.7 Å². The van der Waals surface area contributed by atoms with Crippen LogP contribution in [0.15, 0.2) is 53.4 Å². The molecule has 1 heterocycles. The topological polar surface area (TPSA) is 66.5 Å². The fraction of sp³-hybridized carbons (Fsp3) is 0.381. The first-order chi connectivity index (χ1) is 13.4. The van der Waals surface area contributed by atoms with E-state index >= 15 is 0 Å². The number of hydrogen-bond acceptors (Lipinski definition) is 4. The van der Waals surface area contributed by atoms with Crippen LogP contribution >= 0.6 is 11.8 Å². The van der Waals surface area contributed by atoms with E-state index in [-0.39, 0.29) is 17.6 Å². The summed E-state index contributed by atoms with van der Waals surface area (Å²) in [5.41, 5.74) is 2.63. The predicted molar refractivity (Wildman–Crippen MR) is 115 cm³/mol. The molecule has 0 spiro atoms. The number of nitrogens with one attached hydrogen (secondary N) is 1. The molecule has 150 valence electrons. The zero-order chi connectivity index (χ0) is 20.1. The van der Waals surface area contributed by atoms with Gasteiger partial charge in [0.1, 0.15) is 0 Å². The monoisotopic (exact) mass is 418 g/mol. The van der Waals surface area contributed by atoms with Gasteiger partial charge in [-0.15, -0.1) is 11.8 Å². The van der Waals surface area contributed by atoms with Crippen LogP contribution in [0, 0.1) is 12.8 Å². The van der Waals surface area contributed by atoms with Crippen LogP contribution in [0.25, 0.3) is 0 Å². The Labute approximate surface area is 171 Å². The molecule has 2 aromatic rings. The second-order valence-corrected chi connectivity index (χ2v) is 9.99. The molecule has 0 atom stereocenters. The minimum absolute atomic E-state index is 0.00696. The lowest BCUT2D eigenvalue weighted by atomic mass is 9.97. The van der Waals surface area contributed by atoms with Crippen LogP contribution in [0.4, 0.5) is 5.69 Å². The SMILES string of the molecule is CSc1cccc(NC(=O)C2CCN(S(=O)(=O)Cc3cccc(C)c3)CC2)c1. The van der Waals surface area contributed by atoms with Crippen molar-refractivity contribution in [1.29, 1.82) is 0 Å². The van der Waals surface area contributed by atoms with Crippen molar-refractivity contribution in [3.05, 3.63) is 59.7 Å². The van der Waals surface area contributed by atoms with Gasteiger partial charge in [0, 0.05) is 29.6 Å². The molecular weight excluding hydrogens is 392 g/mol. The Morgan fingerprint density at radius 2 is 1.86 bits per heavy atom. The van der Waals surface area contributed by atoms with Gasteiger partial charge in [0.05, 0.1) is 5.75 Å². The highest BCUT2D eigenvalue weighted by Crippen LogP contribution is 2.24. The highest BCUT2D eigenvalue weighted by atomic mass is 32.2. The summed E-state index contributed by atoms with van der Waals surface area (Å²) in [6.07, 6.45) is 3.08. The number of aryl methyl sites for hydroxylation is 1. The van der Waals surface area contributed by atoms with Crippen LogP contribution in [0.5, 0.6) is 0 Å². The first-order valence-electron chi connectivity index (χ1n) is 9.35. The largest absolute Gasteiger partial charge is 0.326 e. The number of thioether (sulfide) groups is 1. The van der Waals surface area contributed by atoms with Gasteiger partial charge in [-0.25, -0.2) is 12.7 Å². The summed E-state index contributed by atoms with van der Waals surface area (Å²) in [6.45, 7) is 2.73. The Morgan fingerprint density at radius 3 is 2.54 bits per heavy atom. The quantitative estimate of drug-likeness (QED) is 0.723. The maximum absolute atomic E-state index is 12.7. The Balaban J connectivity index is 1.56. The molecule has 0 radical (unpaired) electrons. The van der Waals surface area contributed by atoms with E-state index in [4.69, 9.17) is 0 Å². The molecule has 0 unspecified atom stereocenters. The van der Waals surface area contributed by atoms with Crippen molar-refractivity contribution in [2.45, 2.75) is 30.4 Å². The zero-order valence-corrected chi connectivity index (χ0v) is 17.9. The molecule has 7 heteroatoms. The molecule has 2 aromatic carbocycles. The van der Waals surface area contributed by atoms with Crippen LogP contribution in [0.1, 0.15) is 24.0 Å². The molecule has 1 aliphatic rings. The number of carbonyl (C=O) groups is 1. The van der Waals surface area contributed by atoms with Gasteiger partial charge in [-0.05, 0) is 49.8 Å². The van der Waals surface area contributed by atoms with Gasteiger partial charge in [0.15, 0.2) is 0 Å². The first-order valence-corrected chi connectivity index (χ1v) is 12.2. The molecule has 0 saturated carbocycles. The molecule has 28 heavy (non-hydrogen) atoms. The maximum atomic E-state index is 12.7. The lowest BCUT2D eigenvalue weighted by Gasteiger charge is -2.30. The molecule has 5 nitrogen and oxygen atoms in total. The van der Waals surface area contributed by atoms with E-state index in [1.807, 2.05) is 61.7 Å². The van der Waals surface area contributed by atoms with Crippen molar-refractivity contribution >= 4 is 33.4 Å². The summed E-state index contributed by atoms with van der Waals surface area (Å²) in [5, 5.41) is 2.97. The summed E-state index contributed by atoms with van der Waals surface area (Å²) in [6, 6.07) is 15.3. The average Bonchev–Trinajstić information content (AvgIpc) is 2.68. The molecule has 0 aromatic heterocycles. The molecule has 1 aliphatic heterocycles. The zero-order valence-electron chi connectivity index (χ0n) is 16.2. The first kappa shape index (κ1) is 20.9. The normalized spacial score (nSPS) is 16.1. The van der Waals surface area contributed by atoms with E-state index < -0.39 is 10.0 Å². The van der Waals surface area contributed by atoms with Crippen molar-refractivity contribution in [3.63, 3.8) is 0 Å². The lowest BCUT2D eigenvalue weighted by molar-refractivity contribution is -0.120. The van der Waals surface area contributed by atoms with Gasteiger partial charge in [0.2, 0.25) is 15.9 Å². The third-order valence-corrected chi connectivity index (χ3v) is 7.56. The van der Waals surface area contributed by atoms with Crippen molar-refractivity contribution in [2.24, 2.45) is 5.92 Å². The minimum atomic E-state index is -3.37. The smallest absolute Gasteiger partial charge is 0.227 e. The number of piperidine rings is 1. The molecule has 3 rings (SSSR count). The Bertz CT molecular complexity index is 936. The third-order valence-electron chi connectivity index (χ3n) is 4.99. The van der Waals surface area contributed by atoms with Gasteiger partial charge in [0.25, 0.3) is 0 Å². The predicted octanol–water partition coefficient (Wildman–Crippen LogP) is 3.90. The fourth-order valence-electron chi connectivity index (χ4n) is 3.45. The molecule has 0 bridgehead atoms. The Hall–Kier alpha value is -1.83. The molecular formula is C21H26N2O3S2. The van der Waals surface area contributed by atoms with Gasteiger partial charge < -0.3 is 5.32 Å². The Morgan fingerprint density at radius 1 is 1.14 bits per heavy atom.